The molecule has 160 valence electrons. The van der Waals surface area contributed by atoms with Crippen LogP contribution >= 0.6 is 23.2 Å². The standard InChI is InChI=1S/C22H30Cl2N2O3/c1-25-21(27)20(29-15-5-6-17(23)18(24)13-15)16-7-9-22(8-4-12-28-22)14-19(16)26-10-2-3-11-26/h5-6,13,16,19-20H,2-4,7-12,14H2,1H3,(H,25,27)/t16-,19-,20?,22+/m1/s1. The largest absolute Gasteiger partial charge is 0.480 e. The van der Waals surface area contributed by atoms with Crippen LogP contribution in [-0.4, -0.2) is 55.3 Å². The predicted octanol–water partition coefficient (Wildman–Crippen LogP) is 4.30. The fourth-order valence-electron chi connectivity index (χ4n) is 5.37. The molecule has 3 fully saturated rings. The maximum Gasteiger partial charge on any atom is 0.261 e. The first kappa shape index (κ1) is 21.2. The quantitative estimate of drug-likeness (QED) is 0.741. The Balaban J connectivity index is 1.60. The summed E-state index contributed by atoms with van der Waals surface area (Å²) in [7, 11) is 1.67. The number of amides is 1. The number of ether oxygens (including phenoxy) is 2. The first-order chi connectivity index (χ1) is 14.0. The molecule has 0 aromatic heterocycles. The number of rotatable bonds is 5. The molecule has 29 heavy (non-hydrogen) atoms. The van der Waals surface area contributed by atoms with Gasteiger partial charge in [-0.25, -0.2) is 0 Å². The van der Waals surface area contributed by atoms with Crippen LogP contribution in [0.25, 0.3) is 0 Å². The van der Waals surface area contributed by atoms with Crippen molar-refractivity contribution in [2.45, 2.75) is 62.7 Å². The van der Waals surface area contributed by atoms with Crippen LogP contribution in [0.5, 0.6) is 5.75 Å². The third-order valence-corrected chi connectivity index (χ3v) is 7.59. The Bertz CT molecular complexity index is 733. The fourth-order valence-corrected chi connectivity index (χ4v) is 5.66. The monoisotopic (exact) mass is 440 g/mol. The summed E-state index contributed by atoms with van der Waals surface area (Å²) in [5, 5.41) is 3.71. The summed E-state index contributed by atoms with van der Waals surface area (Å²) in [4.78, 5) is 15.5. The maximum absolute atomic E-state index is 12.9. The summed E-state index contributed by atoms with van der Waals surface area (Å²) in [6, 6.07) is 5.46. The van der Waals surface area contributed by atoms with Crippen LogP contribution in [0.3, 0.4) is 0 Å². The van der Waals surface area contributed by atoms with Gasteiger partial charge in [-0.15, -0.1) is 0 Å². The van der Waals surface area contributed by atoms with Gasteiger partial charge in [0, 0.05) is 31.7 Å². The second-order valence-electron chi connectivity index (χ2n) is 8.58. The topological polar surface area (TPSA) is 50.8 Å². The maximum atomic E-state index is 12.9. The number of hydrogen-bond donors (Lipinski definition) is 1. The van der Waals surface area contributed by atoms with Crippen molar-refractivity contribution in [1.29, 1.82) is 0 Å². The van der Waals surface area contributed by atoms with Crippen molar-refractivity contribution in [3.63, 3.8) is 0 Å². The van der Waals surface area contributed by atoms with E-state index in [1.54, 1.807) is 25.2 Å². The molecule has 2 saturated heterocycles. The van der Waals surface area contributed by atoms with Crippen molar-refractivity contribution in [1.82, 2.24) is 10.2 Å². The summed E-state index contributed by atoms with van der Waals surface area (Å²) in [6.45, 7) is 3.03. The SMILES string of the molecule is CNC(=O)C(Oc1ccc(Cl)c(Cl)c1)[C@@H]1CC[C@@]2(CCCO2)C[C@H]1N1CCCC1. The number of hydrogen-bond acceptors (Lipinski definition) is 4. The molecule has 5 nitrogen and oxygen atoms in total. The highest BCUT2D eigenvalue weighted by Crippen LogP contribution is 2.45. The second-order valence-corrected chi connectivity index (χ2v) is 9.40. The van der Waals surface area contributed by atoms with Gasteiger partial charge in [0.25, 0.3) is 5.91 Å². The van der Waals surface area contributed by atoms with Crippen LogP contribution < -0.4 is 10.1 Å². The average molecular weight is 441 g/mol. The summed E-state index contributed by atoms with van der Waals surface area (Å²) in [5.74, 6) is 0.594. The van der Waals surface area contributed by atoms with Gasteiger partial charge in [0.1, 0.15) is 5.75 Å². The van der Waals surface area contributed by atoms with Crippen LogP contribution in [0.2, 0.25) is 10.0 Å². The summed E-state index contributed by atoms with van der Waals surface area (Å²) < 4.78 is 12.5. The molecule has 1 aliphatic carbocycles. The van der Waals surface area contributed by atoms with Crippen molar-refractivity contribution < 1.29 is 14.3 Å². The Morgan fingerprint density at radius 1 is 1.24 bits per heavy atom. The first-order valence-corrected chi connectivity index (χ1v) is 11.5. The van der Waals surface area contributed by atoms with Gasteiger partial charge in [0.2, 0.25) is 0 Å². The van der Waals surface area contributed by atoms with Gasteiger partial charge in [0.15, 0.2) is 6.10 Å². The molecule has 2 aliphatic heterocycles. The predicted molar refractivity (Wildman–Crippen MR) is 115 cm³/mol. The van der Waals surface area contributed by atoms with Crippen molar-refractivity contribution >= 4 is 29.1 Å². The summed E-state index contributed by atoms with van der Waals surface area (Å²) in [5.41, 5.74) is -0.0133. The van der Waals surface area contributed by atoms with E-state index in [1.807, 2.05) is 0 Å². The van der Waals surface area contributed by atoms with Crippen LogP contribution in [0.1, 0.15) is 44.9 Å². The number of carbonyl (C=O) groups excluding carboxylic acids is 1. The minimum absolute atomic E-state index is 0.0133. The Labute approximate surface area is 183 Å². The first-order valence-electron chi connectivity index (χ1n) is 10.7. The van der Waals surface area contributed by atoms with E-state index in [-0.39, 0.29) is 23.5 Å². The van der Waals surface area contributed by atoms with Crippen molar-refractivity contribution in [2.24, 2.45) is 5.92 Å². The van der Waals surface area contributed by atoms with E-state index < -0.39 is 6.10 Å². The lowest BCUT2D eigenvalue weighted by Gasteiger charge is -2.47. The van der Waals surface area contributed by atoms with Gasteiger partial charge in [-0.3, -0.25) is 9.69 Å². The Hall–Kier alpha value is -1.01. The highest BCUT2D eigenvalue weighted by molar-refractivity contribution is 6.42. The summed E-state index contributed by atoms with van der Waals surface area (Å²) in [6.07, 6.45) is 7.02. The lowest BCUT2D eigenvalue weighted by molar-refractivity contribution is -0.136. The van der Waals surface area contributed by atoms with E-state index in [2.05, 4.69) is 10.2 Å². The lowest BCUT2D eigenvalue weighted by atomic mass is 9.71. The fraction of sp³-hybridized carbons (Fsp3) is 0.682. The van der Waals surface area contributed by atoms with E-state index in [0.717, 1.165) is 51.8 Å². The number of likely N-dealkylation sites (tertiary alicyclic amines) is 1. The molecule has 4 rings (SSSR count). The van der Waals surface area contributed by atoms with E-state index in [4.69, 9.17) is 32.7 Å². The van der Waals surface area contributed by atoms with Crippen LogP contribution in [0.15, 0.2) is 18.2 Å². The summed E-state index contributed by atoms with van der Waals surface area (Å²) >= 11 is 12.2. The third-order valence-electron chi connectivity index (χ3n) is 6.85. The smallest absolute Gasteiger partial charge is 0.261 e. The molecular formula is C22H30Cl2N2O3. The number of nitrogens with zero attached hydrogens (tertiary/aromatic N) is 1. The van der Waals surface area contributed by atoms with Gasteiger partial charge in [-0.1, -0.05) is 23.2 Å². The van der Waals surface area contributed by atoms with E-state index in [0.29, 0.717) is 15.8 Å². The molecule has 1 amide bonds. The molecule has 0 bridgehead atoms. The molecule has 1 saturated carbocycles. The zero-order chi connectivity index (χ0) is 20.4. The number of halogens is 2. The van der Waals surface area contributed by atoms with Crippen molar-refractivity contribution in [3.05, 3.63) is 28.2 Å². The minimum Gasteiger partial charge on any atom is -0.480 e. The highest BCUT2D eigenvalue weighted by Gasteiger charge is 2.49. The molecule has 4 atom stereocenters. The lowest BCUT2D eigenvalue weighted by Crippen LogP contribution is -2.56. The van der Waals surface area contributed by atoms with E-state index in [1.165, 1.54) is 12.8 Å². The van der Waals surface area contributed by atoms with Crippen molar-refractivity contribution in [2.75, 3.05) is 26.7 Å². The van der Waals surface area contributed by atoms with Crippen LogP contribution in [0, 0.1) is 5.92 Å². The second kappa shape index (κ2) is 9.01. The van der Waals surface area contributed by atoms with E-state index >= 15 is 0 Å². The molecule has 3 aliphatic rings. The molecular weight excluding hydrogens is 411 g/mol. The number of likely N-dealkylation sites (N-methyl/N-ethyl adjacent to an activating group) is 1. The molecule has 1 aromatic rings. The van der Waals surface area contributed by atoms with Crippen LogP contribution in [0.4, 0.5) is 0 Å². The van der Waals surface area contributed by atoms with Gasteiger partial charge < -0.3 is 14.8 Å². The molecule has 1 spiro atoms. The number of nitrogens with one attached hydrogen (secondary N) is 1. The van der Waals surface area contributed by atoms with E-state index in [9.17, 15) is 4.79 Å². The zero-order valence-electron chi connectivity index (χ0n) is 17.0. The molecule has 7 heteroatoms. The molecule has 2 heterocycles. The van der Waals surface area contributed by atoms with Crippen LogP contribution in [-0.2, 0) is 9.53 Å². The van der Waals surface area contributed by atoms with Gasteiger partial charge >= 0.3 is 0 Å². The third kappa shape index (κ3) is 4.53. The molecule has 1 unspecified atom stereocenters. The highest BCUT2D eigenvalue weighted by atomic mass is 35.5. The Morgan fingerprint density at radius 2 is 2.03 bits per heavy atom. The van der Waals surface area contributed by atoms with Gasteiger partial charge in [-0.05, 0) is 70.2 Å². The minimum atomic E-state index is -0.568. The molecule has 0 radical (unpaired) electrons. The Morgan fingerprint density at radius 3 is 2.69 bits per heavy atom. The van der Waals surface area contributed by atoms with Gasteiger partial charge in [0.05, 0.1) is 15.6 Å². The molecule has 1 N–H and O–H groups in total. The molecule has 1 aromatic carbocycles. The van der Waals surface area contributed by atoms with Crippen molar-refractivity contribution in [3.8, 4) is 5.75 Å². The number of benzene rings is 1. The average Bonchev–Trinajstić information content (AvgIpc) is 3.41. The number of carbonyl (C=O) groups is 1. The zero-order valence-corrected chi connectivity index (χ0v) is 18.5. The normalized spacial score (nSPS) is 31.1. The Kier molecular flexibility index (Phi) is 6.59. The van der Waals surface area contributed by atoms with Gasteiger partial charge in [-0.2, -0.15) is 0 Å².